The predicted molar refractivity (Wildman–Crippen MR) is 46.1 cm³/mol. The summed E-state index contributed by atoms with van der Waals surface area (Å²) in [5, 5.41) is 0. The topological polar surface area (TPSA) is 9.23 Å². The number of rotatable bonds is 4. The van der Waals surface area contributed by atoms with Crippen LogP contribution in [0.1, 0.15) is 27.2 Å². The largest absolute Gasteiger partial charge is 0.404 e. The van der Waals surface area contributed by atoms with Gasteiger partial charge in [-0.05, 0) is 19.9 Å². The third-order valence-electron chi connectivity index (χ3n) is 0.836. The summed E-state index contributed by atoms with van der Waals surface area (Å²) >= 11 is 4.33. The number of hydrogen-bond donors (Lipinski definition) is 1. The summed E-state index contributed by atoms with van der Waals surface area (Å²) in [7, 11) is -0.746. The van der Waals surface area contributed by atoms with Crippen LogP contribution < -0.4 is 0 Å². The van der Waals surface area contributed by atoms with Crippen molar-refractivity contribution in [1.29, 1.82) is 0 Å². The minimum atomic E-state index is -0.746. The van der Waals surface area contributed by atoms with Crippen molar-refractivity contribution in [1.82, 2.24) is 0 Å². The second kappa shape index (κ2) is 5.32. The van der Waals surface area contributed by atoms with Crippen molar-refractivity contribution in [2.75, 3.05) is 0 Å². The lowest BCUT2D eigenvalue weighted by Gasteiger charge is -2.10. The van der Waals surface area contributed by atoms with Crippen molar-refractivity contribution in [3.05, 3.63) is 0 Å². The summed E-state index contributed by atoms with van der Waals surface area (Å²) in [5.74, 6) is 0. The van der Waals surface area contributed by atoms with Gasteiger partial charge >= 0.3 is 0 Å². The molecule has 0 aliphatic carbocycles. The summed E-state index contributed by atoms with van der Waals surface area (Å²) in [6, 6.07) is 1.14. The molecule has 1 radical (unpaired) electrons. The molecule has 9 heavy (non-hydrogen) atoms. The van der Waals surface area contributed by atoms with Gasteiger partial charge in [0.25, 0.3) is 8.19 Å². The lowest BCUT2D eigenvalue weighted by atomic mass is 10.5. The minimum absolute atomic E-state index is 0.350. The zero-order chi connectivity index (χ0) is 7.28. The molecule has 0 aromatic heterocycles. The van der Waals surface area contributed by atoms with Gasteiger partial charge in [-0.1, -0.05) is 13.3 Å². The van der Waals surface area contributed by atoms with E-state index >= 15 is 0 Å². The van der Waals surface area contributed by atoms with Gasteiger partial charge in [-0.2, -0.15) is 12.1 Å². The first-order valence-electron chi connectivity index (χ1n) is 3.38. The van der Waals surface area contributed by atoms with Crippen LogP contribution in [0.25, 0.3) is 0 Å². The lowest BCUT2D eigenvalue weighted by molar-refractivity contribution is 0.251. The van der Waals surface area contributed by atoms with Gasteiger partial charge in [0.2, 0.25) is 0 Å². The molecule has 0 saturated carbocycles. The highest BCUT2D eigenvalue weighted by molar-refractivity contribution is 8.09. The number of thiol groups is 1. The van der Waals surface area contributed by atoms with E-state index in [-0.39, 0.29) is 0 Å². The van der Waals surface area contributed by atoms with Crippen molar-refractivity contribution >= 4 is 20.3 Å². The van der Waals surface area contributed by atoms with Crippen molar-refractivity contribution in [2.45, 2.75) is 39.3 Å². The average molecular weight is 163 g/mol. The molecule has 0 aromatic rings. The molecular weight excluding hydrogens is 148 g/mol. The van der Waals surface area contributed by atoms with Crippen LogP contribution in [0.4, 0.5) is 0 Å². The Bertz CT molecular complexity index is 68.1. The van der Waals surface area contributed by atoms with Gasteiger partial charge in [-0.3, -0.25) is 0 Å². The van der Waals surface area contributed by atoms with Crippen LogP contribution >= 0.6 is 12.1 Å². The molecule has 0 heterocycles. The quantitative estimate of drug-likeness (QED) is 0.494. The van der Waals surface area contributed by atoms with Gasteiger partial charge in [-0.15, -0.1) is 0 Å². The zero-order valence-electron chi connectivity index (χ0n) is 6.35. The Kier molecular flexibility index (Phi) is 5.63. The van der Waals surface area contributed by atoms with Crippen LogP contribution in [0.5, 0.6) is 0 Å². The lowest BCUT2D eigenvalue weighted by Crippen LogP contribution is -2.15. The Morgan fingerprint density at radius 3 is 2.44 bits per heavy atom. The summed E-state index contributed by atoms with van der Waals surface area (Å²) in [5.41, 5.74) is 0. The van der Waals surface area contributed by atoms with Crippen LogP contribution in [0.2, 0.25) is 6.04 Å². The van der Waals surface area contributed by atoms with Crippen LogP contribution in [0.15, 0.2) is 0 Å². The molecule has 0 unspecified atom stereocenters. The molecular formula is C6H15OSSi. The maximum atomic E-state index is 5.46. The molecule has 1 nitrogen and oxygen atoms in total. The molecule has 0 aliphatic heterocycles. The average Bonchev–Trinajstić information content (AvgIpc) is 1.63. The van der Waals surface area contributed by atoms with E-state index in [1.807, 2.05) is 0 Å². The third-order valence-corrected chi connectivity index (χ3v) is 3.49. The van der Waals surface area contributed by atoms with Crippen molar-refractivity contribution in [3.63, 3.8) is 0 Å². The standard InChI is InChI=1S/C6H15OSSi/c1-4-5-9(8)7-6(2)3/h6,8H,4-5H2,1-3H3. The summed E-state index contributed by atoms with van der Waals surface area (Å²) in [6.45, 7) is 6.26. The molecule has 0 aromatic carbocycles. The van der Waals surface area contributed by atoms with Gasteiger partial charge in [0.1, 0.15) is 0 Å². The second-order valence-corrected chi connectivity index (χ2v) is 5.33. The number of hydrogen-bond acceptors (Lipinski definition) is 2. The van der Waals surface area contributed by atoms with E-state index in [2.05, 4.69) is 32.8 Å². The molecule has 0 fully saturated rings. The third kappa shape index (κ3) is 6.41. The Labute approximate surface area is 64.6 Å². The van der Waals surface area contributed by atoms with Gasteiger partial charge in [0.05, 0.1) is 0 Å². The fraction of sp³-hybridized carbons (Fsp3) is 1.00. The monoisotopic (exact) mass is 163 g/mol. The highest BCUT2D eigenvalue weighted by Crippen LogP contribution is 2.04. The van der Waals surface area contributed by atoms with E-state index in [0.29, 0.717) is 6.10 Å². The summed E-state index contributed by atoms with van der Waals surface area (Å²) in [4.78, 5) is 0. The Morgan fingerprint density at radius 2 is 2.11 bits per heavy atom. The smallest absolute Gasteiger partial charge is 0.279 e. The SMILES string of the molecule is CCC[Si](S)OC(C)C. The van der Waals surface area contributed by atoms with Crippen molar-refractivity contribution < 1.29 is 4.43 Å². The first-order valence-corrected chi connectivity index (χ1v) is 6.28. The van der Waals surface area contributed by atoms with Gasteiger partial charge < -0.3 is 4.43 Å². The fourth-order valence-corrected chi connectivity index (χ4v) is 2.94. The zero-order valence-corrected chi connectivity index (χ0v) is 8.24. The highest BCUT2D eigenvalue weighted by Gasteiger charge is 2.06. The van der Waals surface area contributed by atoms with Crippen LogP contribution in [0.3, 0.4) is 0 Å². The molecule has 0 N–H and O–H groups in total. The summed E-state index contributed by atoms with van der Waals surface area (Å²) in [6.07, 6.45) is 1.53. The fourth-order valence-electron chi connectivity index (χ4n) is 0.545. The Morgan fingerprint density at radius 1 is 1.56 bits per heavy atom. The van der Waals surface area contributed by atoms with E-state index in [0.717, 1.165) is 6.04 Å². The maximum Gasteiger partial charge on any atom is 0.279 e. The molecule has 0 saturated heterocycles. The molecule has 0 atom stereocenters. The van der Waals surface area contributed by atoms with Crippen LogP contribution in [-0.4, -0.2) is 14.3 Å². The van der Waals surface area contributed by atoms with E-state index < -0.39 is 8.19 Å². The first-order chi connectivity index (χ1) is 4.16. The normalized spacial score (nSPS) is 11.3. The molecule has 0 aliphatic rings. The highest BCUT2D eigenvalue weighted by atomic mass is 32.3. The second-order valence-electron chi connectivity index (χ2n) is 2.31. The molecule has 3 heteroatoms. The summed E-state index contributed by atoms with van der Waals surface area (Å²) < 4.78 is 5.46. The van der Waals surface area contributed by atoms with E-state index in [4.69, 9.17) is 4.43 Å². The Hall–Kier alpha value is 0.527. The van der Waals surface area contributed by atoms with Crippen LogP contribution in [0, 0.1) is 0 Å². The molecule has 0 spiro atoms. The first kappa shape index (κ1) is 9.53. The van der Waals surface area contributed by atoms with Crippen molar-refractivity contribution in [3.8, 4) is 0 Å². The van der Waals surface area contributed by atoms with Gasteiger partial charge in [0, 0.05) is 6.10 Å². The van der Waals surface area contributed by atoms with E-state index in [1.54, 1.807) is 0 Å². The minimum Gasteiger partial charge on any atom is -0.404 e. The molecule has 0 rings (SSSR count). The molecule has 0 amide bonds. The molecule has 55 valence electrons. The Balaban J connectivity index is 3.15. The van der Waals surface area contributed by atoms with Gasteiger partial charge in [0.15, 0.2) is 0 Å². The van der Waals surface area contributed by atoms with E-state index in [1.165, 1.54) is 6.42 Å². The maximum absolute atomic E-state index is 5.46. The van der Waals surface area contributed by atoms with Crippen LogP contribution in [-0.2, 0) is 4.43 Å². The van der Waals surface area contributed by atoms with Crippen molar-refractivity contribution in [2.24, 2.45) is 0 Å². The van der Waals surface area contributed by atoms with E-state index in [9.17, 15) is 0 Å². The predicted octanol–water partition coefficient (Wildman–Crippen LogP) is 2.24. The van der Waals surface area contributed by atoms with Gasteiger partial charge in [-0.25, -0.2) is 0 Å². The molecule has 0 bridgehead atoms.